The third kappa shape index (κ3) is 3.44. The minimum Gasteiger partial charge on any atom is -0.394 e. The number of rotatable bonds is 5. The number of fused-ring (bicyclic) bond motifs is 1. The first-order chi connectivity index (χ1) is 11.0. The number of aliphatic hydroxyl groups excluding tert-OH is 3. The summed E-state index contributed by atoms with van der Waals surface area (Å²) in [5.74, 6) is 0.556. The molecular weight excluding hydrogens is 304 g/mol. The van der Waals surface area contributed by atoms with Crippen LogP contribution in [0.1, 0.15) is 66.2 Å². The first-order valence-electron chi connectivity index (χ1n) is 9.34. The van der Waals surface area contributed by atoms with E-state index in [9.17, 15) is 15.3 Å². The molecule has 2 fully saturated rings. The lowest BCUT2D eigenvalue weighted by Gasteiger charge is -2.59. The Bertz CT molecular complexity index is 470. The average Bonchev–Trinajstić information content (AvgIpc) is 2.48. The predicted molar refractivity (Wildman–Crippen MR) is 95.4 cm³/mol. The highest BCUT2D eigenvalue weighted by molar-refractivity contribution is 5.20. The van der Waals surface area contributed by atoms with Gasteiger partial charge < -0.3 is 20.4 Å². The van der Waals surface area contributed by atoms with Crippen molar-refractivity contribution in [2.75, 3.05) is 6.61 Å². The van der Waals surface area contributed by atoms with E-state index in [2.05, 4.69) is 27.4 Å². The zero-order valence-corrected chi connectivity index (χ0v) is 15.8. The van der Waals surface area contributed by atoms with Gasteiger partial charge in [-0.05, 0) is 67.3 Å². The molecule has 2 aliphatic carbocycles. The Labute approximate surface area is 146 Å². The van der Waals surface area contributed by atoms with Crippen molar-refractivity contribution in [3.05, 3.63) is 12.2 Å². The zero-order valence-electron chi connectivity index (χ0n) is 15.8. The topological polar surface area (TPSA) is 80.9 Å². The molecule has 2 rings (SSSR count). The molecule has 0 spiro atoms. The number of hydrogen-bond acceptors (Lipinski definition) is 4. The lowest BCUT2D eigenvalue weighted by atomic mass is 9.46. The summed E-state index contributed by atoms with van der Waals surface area (Å²) in [5.41, 5.74) is -0.188. The Morgan fingerprint density at radius 1 is 1.29 bits per heavy atom. The molecule has 0 unspecified atom stereocenters. The molecule has 2 aliphatic rings. The molecule has 4 N–H and O–H groups in total. The van der Waals surface area contributed by atoms with Crippen LogP contribution in [0.25, 0.3) is 0 Å². The normalized spacial score (nSPS) is 39.8. The van der Waals surface area contributed by atoms with Crippen molar-refractivity contribution < 1.29 is 20.4 Å². The van der Waals surface area contributed by atoms with Crippen LogP contribution in [-0.4, -0.2) is 44.8 Å². The van der Waals surface area contributed by atoms with Gasteiger partial charge in [-0.1, -0.05) is 33.8 Å². The summed E-state index contributed by atoms with van der Waals surface area (Å²) in [6.45, 7) is 12.2. The van der Waals surface area contributed by atoms with Crippen molar-refractivity contribution in [1.82, 2.24) is 0 Å². The maximum absolute atomic E-state index is 10.6. The third-order valence-corrected chi connectivity index (χ3v) is 7.24. The van der Waals surface area contributed by atoms with Crippen LogP contribution in [0.3, 0.4) is 0 Å². The van der Waals surface area contributed by atoms with Crippen LogP contribution in [0.5, 0.6) is 0 Å². The molecule has 24 heavy (non-hydrogen) atoms. The maximum Gasteiger partial charge on any atom is 0.105 e. The SMILES string of the molecule is C=C1[C@H](O)C[C@H]2C(C)(C)CCC[C@]2(C)[C@H]1CC[C@@](C)(O)[C@H](O)CO. The number of hydrogen-bond donors (Lipinski definition) is 4. The van der Waals surface area contributed by atoms with E-state index in [4.69, 9.17) is 5.11 Å². The summed E-state index contributed by atoms with van der Waals surface area (Å²) in [6.07, 6.45) is 3.66. The van der Waals surface area contributed by atoms with E-state index in [1.54, 1.807) is 6.92 Å². The molecule has 0 radical (unpaired) electrons. The lowest BCUT2D eigenvalue weighted by Crippen LogP contribution is -2.53. The van der Waals surface area contributed by atoms with Gasteiger partial charge in [-0.15, -0.1) is 0 Å². The van der Waals surface area contributed by atoms with Gasteiger partial charge in [0.15, 0.2) is 0 Å². The summed E-state index contributed by atoms with van der Waals surface area (Å²) >= 11 is 0. The van der Waals surface area contributed by atoms with Crippen LogP contribution < -0.4 is 0 Å². The minimum absolute atomic E-state index is 0.0678. The summed E-state index contributed by atoms with van der Waals surface area (Å²) in [5, 5.41) is 40.0. The van der Waals surface area contributed by atoms with Gasteiger partial charge in [0.25, 0.3) is 0 Å². The summed E-state index contributed by atoms with van der Waals surface area (Å²) in [6, 6.07) is 0. The van der Waals surface area contributed by atoms with Gasteiger partial charge in [0, 0.05) is 0 Å². The summed E-state index contributed by atoms with van der Waals surface area (Å²) in [7, 11) is 0. The molecule has 2 saturated carbocycles. The molecule has 140 valence electrons. The van der Waals surface area contributed by atoms with Crippen LogP contribution in [0.4, 0.5) is 0 Å². The van der Waals surface area contributed by atoms with E-state index < -0.39 is 24.4 Å². The van der Waals surface area contributed by atoms with Crippen LogP contribution >= 0.6 is 0 Å². The van der Waals surface area contributed by atoms with E-state index in [1.165, 1.54) is 12.8 Å². The molecule has 0 saturated heterocycles. The molecule has 0 heterocycles. The standard InChI is InChI=1S/C20H36O4/c1-13-14(7-10-20(5,24)17(23)12-21)19(4)9-6-8-18(2,3)16(19)11-15(13)22/h14-17,21-24H,1,6-12H2,2-5H3/t14-,15+,16-,17+,19+,20+/m0/s1. The average molecular weight is 341 g/mol. The van der Waals surface area contributed by atoms with Gasteiger partial charge >= 0.3 is 0 Å². The highest BCUT2D eigenvalue weighted by Gasteiger charge is 2.55. The Kier molecular flexibility index (Phi) is 5.57. The zero-order chi connectivity index (χ0) is 18.3. The summed E-state index contributed by atoms with van der Waals surface area (Å²) in [4.78, 5) is 0. The quantitative estimate of drug-likeness (QED) is 0.580. The van der Waals surface area contributed by atoms with Crippen LogP contribution in [0.15, 0.2) is 12.2 Å². The molecule has 0 bridgehead atoms. The molecule has 6 atom stereocenters. The van der Waals surface area contributed by atoms with Gasteiger partial charge in [0.1, 0.15) is 6.10 Å². The Balaban J connectivity index is 2.24. The Hall–Kier alpha value is -0.420. The fraction of sp³-hybridized carbons (Fsp3) is 0.900. The van der Waals surface area contributed by atoms with Crippen molar-refractivity contribution in [3.63, 3.8) is 0 Å². The Morgan fingerprint density at radius 3 is 2.50 bits per heavy atom. The van der Waals surface area contributed by atoms with Gasteiger partial charge in [-0.3, -0.25) is 0 Å². The van der Waals surface area contributed by atoms with Crippen molar-refractivity contribution in [2.24, 2.45) is 22.7 Å². The second-order valence-electron chi connectivity index (χ2n) is 9.37. The van der Waals surface area contributed by atoms with E-state index in [0.29, 0.717) is 18.8 Å². The van der Waals surface area contributed by atoms with Gasteiger partial charge in [-0.25, -0.2) is 0 Å². The second kappa shape index (κ2) is 6.71. The first kappa shape index (κ1) is 19.9. The van der Waals surface area contributed by atoms with Crippen LogP contribution in [-0.2, 0) is 0 Å². The van der Waals surface area contributed by atoms with Crippen LogP contribution in [0.2, 0.25) is 0 Å². The molecule has 0 aromatic carbocycles. The van der Waals surface area contributed by atoms with Crippen molar-refractivity contribution in [2.45, 2.75) is 84.0 Å². The smallest absolute Gasteiger partial charge is 0.105 e. The second-order valence-corrected chi connectivity index (χ2v) is 9.37. The molecule has 0 aromatic heterocycles. The number of aliphatic hydroxyl groups is 4. The first-order valence-corrected chi connectivity index (χ1v) is 9.34. The highest BCUT2D eigenvalue weighted by Crippen LogP contribution is 2.61. The molecule has 4 nitrogen and oxygen atoms in total. The Morgan fingerprint density at radius 2 is 1.92 bits per heavy atom. The van der Waals surface area contributed by atoms with Crippen LogP contribution in [0, 0.1) is 22.7 Å². The molecular formula is C20H36O4. The third-order valence-electron chi connectivity index (χ3n) is 7.24. The fourth-order valence-electron chi connectivity index (χ4n) is 5.52. The largest absolute Gasteiger partial charge is 0.394 e. The predicted octanol–water partition coefficient (Wildman–Crippen LogP) is 2.64. The van der Waals surface area contributed by atoms with Gasteiger partial charge in [0.2, 0.25) is 0 Å². The monoisotopic (exact) mass is 340 g/mol. The van der Waals surface area contributed by atoms with Crippen molar-refractivity contribution in [3.8, 4) is 0 Å². The summed E-state index contributed by atoms with van der Waals surface area (Å²) < 4.78 is 0. The van der Waals surface area contributed by atoms with Crippen molar-refractivity contribution >= 4 is 0 Å². The van der Waals surface area contributed by atoms with E-state index in [1.807, 2.05) is 0 Å². The van der Waals surface area contributed by atoms with Gasteiger partial charge in [0.05, 0.1) is 18.3 Å². The van der Waals surface area contributed by atoms with Gasteiger partial charge in [-0.2, -0.15) is 0 Å². The van der Waals surface area contributed by atoms with E-state index >= 15 is 0 Å². The lowest BCUT2D eigenvalue weighted by molar-refractivity contribution is -0.108. The highest BCUT2D eigenvalue weighted by atomic mass is 16.4. The molecule has 0 aromatic rings. The molecule has 0 aliphatic heterocycles. The maximum atomic E-state index is 10.6. The van der Waals surface area contributed by atoms with E-state index in [-0.39, 0.29) is 16.7 Å². The van der Waals surface area contributed by atoms with Crippen molar-refractivity contribution in [1.29, 1.82) is 0 Å². The fourth-order valence-corrected chi connectivity index (χ4v) is 5.52. The minimum atomic E-state index is -1.33. The van der Waals surface area contributed by atoms with E-state index in [0.717, 1.165) is 18.4 Å². The molecule has 0 amide bonds. The molecule has 4 heteroatoms.